The van der Waals surface area contributed by atoms with Crippen molar-refractivity contribution in [2.75, 3.05) is 5.32 Å². The van der Waals surface area contributed by atoms with Gasteiger partial charge in [0, 0.05) is 5.69 Å². The Hall–Kier alpha value is -2.36. The molecule has 0 atom stereocenters. The minimum atomic E-state index is -1.14. The molecule has 2 aromatic rings. The van der Waals surface area contributed by atoms with E-state index in [1.165, 1.54) is 12.1 Å². The lowest BCUT2D eigenvalue weighted by atomic mass is 10.1. The second-order valence-corrected chi connectivity index (χ2v) is 4.59. The first-order valence-electron chi connectivity index (χ1n) is 6.41. The number of hydrogen-bond acceptors (Lipinski definition) is 2. The first kappa shape index (κ1) is 14.1. The molecule has 0 fully saturated rings. The average Bonchev–Trinajstić information content (AvgIpc) is 2.42. The van der Waals surface area contributed by atoms with Gasteiger partial charge in [-0.3, -0.25) is 0 Å². The molecule has 2 rings (SSSR count). The Kier molecular flexibility index (Phi) is 4.03. The van der Waals surface area contributed by atoms with Crippen molar-refractivity contribution < 1.29 is 14.3 Å². The largest absolute Gasteiger partial charge is 0.478 e. The molecule has 0 aliphatic heterocycles. The maximum Gasteiger partial charge on any atom is 0.335 e. The highest BCUT2D eigenvalue weighted by molar-refractivity contribution is 5.88. The minimum Gasteiger partial charge on any atom is -0.478 e. The smallest absolute Gasteiger partial charge is 0.335 e. The number of nitrogens with one attached hydrogen (secondary N) is 1. The lowest BCUT2D eigenvalue weighted by Gasteiger charge is -2.14. The van der Waals surface area contributed by atoms with Crippen LogP contribution in [-0.4, -0.2) is 11.1 Å². The van der Waals surface area contributed by atoms with Crippen molar-refractivity contribution in [1.29, 1.82) is 0 Å². The van der Waals surface area contributed by atoms with E-state index < -0.39 is 11.8 Å². The number of hydrogen-bond donors (Lipinski definition) is 2. The topological polar surface area (TPSA) is 49.3 Å². The summed E-state index contributed by atoms with van der Waals surface area (Å²) in [6.07, 6.45) is 0.832. The van der Waals surface area contributed by atoms with Gasteiger partial charge in [0.15, 0.2) is 0 Å². The molecule has 0 saturated carbocycles. The fourth-order valence-corrected chi connectivity index (χ4v) is 2.09. The second-order valence-electron chi connectivity index (χ2n) is 4.59. The van der Waals surface area contributed by atoms with Crippen LogP contribution in [0.3, 0.4) is 0 Å². The zero-order valence-corrected chi connectivity index (χ0v) is 11.4. The molecule has 0 heterocycles. The lowest BCUT2D eigenvalue weighted by Crippen LogP contribution is -2.02. The summed E-state index contributed by atoms with van der Waals surface area (Å²) in [5.41, 5.74) is 3.20. The first-order valence-corrected chi connectivity index (χ1v) is 6.41. The van der Waals surface area contributed by atoms with Crippen LogP contribution in [0.1, 0.15) is 28.4 Å². The van der Waals surface area contributed by atoms with E-state index >= 15 is 0 Å². The third-order valence-corrected chi connectivity index (χ3v) is 3.22. The van der Waals surface area contributed by atoms with Crippen molar-refractivity contribution in [3.8, 4) is 0 Å². The maximum absolute atomic E-state index is 13.9. The number of carboxylic acids is 1. The van der Waals surface area contributed by atoms with Gasteiger partial charge in [-0.15, -0.1) is 0 Å². The summed E-state index contributed by atoms with van der Waals surface area (Å²) in [4.78, 5) is 10.8. The summed E-state index contributed by atoms with van der Waals surface area (Å²) < 4.78 is 13.9. The van der Waals surface area contributed by atoms with Gasteiger partial charge in [0.25, 0.3) is 0 Å². The van der Waals surface area contributed by atoms with Crippen LogP contribution in [0.2, 0.25) is 0 Å². The molecule has 0 unspecified atom stereocenters. The summed E-state index contributed by atoms with van der Waals surface area (Å²) in [6.45, 7) is 3.98. The quantitative estimate of drug-likeness (QED) is 0.880. The van der Waals surface area contributed by atoms with Crippen molar-refractivity contribution in [2.24, 2.45) is 0 Å². The molecule has 3 nitrogen and oxygen atoms in total. The molecule has 0 amide bonds. The Balaban J connectivity index is 2.38. The van der Waals surface area contributed by atoms with Crippen molar-refractivity contribution in [3.63, 3.8) is 0 Å². The molecule has 0 bridgehead atoms. The zero-order chi connectivity index (χ0) is 14.7. The molecule has 0 aliphatic carbocycles. The van der Waals surface area contributed by atoms with Gasteiger partial charge in [-0.25, -0.2) is 9.18 Å². The zero-order valence-electron chi connectivity index (χ0n) is 11.4. The summed E-state index contributed by atoms with van der Waals surface area (Å²) in [5, 5.41) is 11.9. The van der Waals surface area contributed by atoms with E-state index in [4.69, 9.17) is 5.11 Å². The van der Waals surface area contributed by atoms with Crippen LogP contribution >= 0.6 is 0 Å². The van der Waals surface area contributed by atoms with Crippen LogP contribution in [-0.2, 0) is 6.42 Å². The number of rotatable bonds is 4. The molecule has 2 N–H and O–H groups in total. The molecule has 20 heavy (non-hydrogen) atoms. The van der Waals surface area contributed by atoms with Crippen molar-refractivity contribution in [1.82, 2.24) is 0 Å². The Bertz CT molecular complexity index is 653. The molecule has 0 aliphatic rings. The van der Waals surface area contributed by atoms with E-state index in [1.54, 1.807) is 0 Å². The van der Waals surface area contributed by atoms with Gasteiger partial charge in [0.1, 0.15) is 5.82 Å². The van der Waals surface area contributed by atoms with Crippen LogP contribution in [0.25, 0.3) is 0 Å². The summed E-state index contributed by atoms with van der Waals surface area (Å²) in [5.74, 6) is -1.71. The van der Waals surface area contributed by atoms with E-state index in [2.05, 4.69) is 5.32 Å². The second kappa shape index (κ2) is 5.74. The number of aromatic carboxylic acids is 1. The summed E-state index contributed by atoms with van der Waals surface area (Å²) in [7, 11) is 0. The number of anilines is 2. The van der Waals surface area contributed by atoms with Crippen LogP contribution in [0.4, 0.5) is 15.8 Å². The van der Waals surface area contributed by atoms with Crippen molar-refractivity contribution in [3.05, 3.63) is 58.9 Å². The Morgan fingerprint density at radius 2 is 2.05 bits per heavy atom. The van der Waals surface area contributed by atoms with Gasteiger partial charge in [-0.2, -0.15) is 0 Å². The maximum atomic E-state index is 13.9. The number of para-hydroxylation sites is 1. The highest BCUT2D eigenvalue weighted by Gasteiger charge is 2.10. The molecule has 0 spiro atoms. The predicted molar refractivity (Wildman–Crippen MR) is 77.2 cm³/mol. The molecule has 2 aromatic carbocycles. The molecule has 104 valence electrons. The van der Waals surface area contributed by atoms with E-state index in [0.29, 0.717) is 0 Å². The number of aryl methyl sites for hydroxylation is 2. The standard InChI is InChI=1S/C16H16FNO2/c1-3-11-6-4-5-10(2)15(11)18-14-8-7-12(16(19)20)9-13(14)17/h4-9,18H,3H2,1-2H3,(H,19,20). The third-order valence-electron chi connectivity index (χ3n) is 3.22. The molecular formula is C16H16FNO2. The SMILES string of the molecule is CCc1cccc(C)c1Nc1ccc(C(=O)O)cc1F. The molecule has 0 saturated heterocycles. The van der Waals surface area contributed by atoms with E-state index in [-0.39, 0.29) is 11.3 Å². The predicted octanol–water partition coefficient (Wildman–Crippen LogP) is 4.14. The fraction of sp³-hybridized carbons (Fsp3) is 0.188. The molecule has 0 radical (unpaired) electrons. The third kappa shape index (κ3) is 2.79. The first-order chi connectivity index (χ1) is 9.52. The molecule has 4 heteroatoms. The van der Waals surface area contributed by atoms with Crippen molar-refractivity contribution in [2.45, 2.75) is 20.3 Å². The summed E-state index contributed by atoms with van der Waals surface area (Å²) in [6, 6.07) is 9.75. The van der Waals surface area contributed by atoms with Gasteiger partial charge in [0.05, 0.1) is 11.3 Å². The summed E-state index contributed by atoms with van der Waals surface area (Å²) >= 11 is 0. The Morgan fingerprint density at radius 3 is 2.65 bits per heavy atom. The van der Waals surface area contributed by atoms with Crippen LogP contribution < -0.4 is 5.32 Å². The van der Waals surface area contributed by atoms with Crippen LogP contribution in [0.5, 0.6) is 0 Å². The molecule has 0 aromatic heterocycles. The average molecular weight is 273 g/mol. The Labute approximate surface area is 117 Å². The highest BCUT2D eigenvalue weighted by Crippen LogP contribution is 2.27. The number of carboxylic acid groups (broad SMARTS) is 1. The minimum absolute atomic E-state index is 0.0615. The van der Waals surface area contributed by atoms with E-state index in [0.717, 1.165) is 29.3 Å². The highest BCUT2D eigenvalue weighted by atomic mass is 19.1. The van der Waals surface area contributed by atoms with Gasteiger partial charge >= 0.3 is 5.97 Å². The van der Waals surface area contributed by atoms with Gasteiger partial charge < -0.3 is 10.4 Å². The monoisotopic (exact) mass is 273 g/mol. The van der Waals surface area contributed by atoms with Gasteiger partial charge in [-0.05, 0) is 42.7 Å². The van der Waals surface area contributed by atoms with Crippen LogP contribution in [0.15, 0.2) is 36.4 Å². The van der Waals surface area contributed by atoms with Gasteiger partial charge in [-0.1, -0.05) is 25.1 Å². The molecular weight excluding hydrogens is 257 g/mol. The van der Waals surface area contributed by atoms with Crippen LogP contribution in [0, 0.1) is 12.7 Å². The lowest BCUT2D eigenvalue weighted by molar-refractivity contribution is 0.0696. The normalized spacial score (nSPS) is 10.3. The fourth-order valence-electron chi connectivity index (χ4n) is 2.09. The number of halogens is 1. The van der Waals surface area contributed by atoms with E-state index in [9.17, 15) is 9.18 Å². The Morgan fingerprint density at radius 1 is 1.30 bits per heavy atom. The van der Waals surface area contributed by atoms with Crippen molar-refractivity contribution >= 4 is 17.3 Å². The number of benzene rings is 2. The number of carbonyl (C=O) groups is 1. The van der Waals surface area contributed by atoms with E-state index in [1.807, 2.05) is 32.0 Å². The van der Waals surface area contributed by atoms with Gasteiger partial charge in [0.2, 0.25) is 0 Å².